The molecule has 0 aliphatic carbocycles. The number of rotatable bonds is 3. The minimum atomic E-state index is 0. The molecule has 0 spiro atoms. The van der Waals surface area contributed by atoms with Crippen LogP contribution in [-0.4, -0.2) is 5.78 Å². The maximum Gasteiger partial charge on any atom is 0.228 e. The van der Waals surface area contributed by atoms with Crippen LogP contribution < -0.4 is 4.57 Å². The number of Topliss-reactive ketones (excluding diaryl/α,β-unsaturated/α-hetero) is 1. The van der Waals surface area contributed by atoms with Crippen LogP contribution >= 0.6 is 48.8 Å². The van der Waals surface area contributed by atoms with E-state index in [0.29, 0.717) is 6.54 Å². The Balaban J connectivity index is 0.00000220. The first-order valence-electron chi connectivity index (χ1n) is 6.33. The Kier molecular flexibility index (Phi) is 6.75. The fourth-order valence-electron chi connectivity index (χ4n) is 2.52. The molecule has 1 aromatic carbocycles. The molecule has 0 unspecified atom stereocenters. The molecule has 5 heteroatoms. The average molecular weight is 479 g/mol. The van der Waals surface area contributed by atoms with Crippen molar-refractivity contribution < 1.29 is 9.36 Å². The number of pyridine rings is 1. The zero-order valence-electron chi connectivity index (χ0n) is 12.1. The Hall–Kier alpha value is -0.520. The Morgan fingerprint density at radius 2 is 1.48 bits per heavy atom. The van der Waals surface area contributed by atoms with Gasteiger partial charge in [-0.3, -0.25) is 4.79 Å². The lowest BCUT2D eigenvalue weighted by atomic mass is 9.96. The van der Waals surface area contributed by atoms with Crippen LogP contribution in [0.25, 0.3) is 0 Å². The summed E-state index contributed by atoms with van der Waals surface area (Å²) in [6.07, 6.45) is 3.81. The zero-order valence-corrected chi connectivity index (χ0v) is 17.0. The number of carbonyl (C=O) groups is 1. The van der Waals surface area contributed by atoms with Crippen LogP contribution in [0.3, 0.4) is 0 Å². The third-order valence-electron chi connectivity index (χ3n) is 3.14. The van der Waals surface area contributed by atoms with E-state index in [1.165, 1.54) is 5.56 Å². The molecule has 112 valence electrons. The van der Waals surface area contributed by atoms with E-state index in [1.54, 1.807) is 0 Å². The van der Waals surface area contributed by atoms with Crippen LogP contribution in [0.4, 0.5) is 0 Å². The highest BCUT2D eigenvalue weighted by atomic mass is 79.9. The van der Waals surface area contributed by atoms with Crippen LogP contribution in [0.1, 0.15) is 27.0 Å². The molecule has 0 aliphatic rings. The molecule has 0 bridgehead atoms. The summed E-state index contributed by atoms with van der Waals surface area (Å²) >= 11 is 6.87. The van der Waals surface area contributed by atoms with Gasteiger partial charge in [0.05, 0.1) is 8.95 Å². The van der Waals surface area contributed by atoms with Gasteiger partial charge in [0.25, 0.3) is 0 Å². The van der Waals surface area contributed by atoms with Gasteiger partial charge < -0.3 is 0 Å². The van der Waals surface area contributed by atoms with E-state index >= 15 is 0 Å². The summed E-state index contributed by atoms with van der Waals surface area (Å²) in [5, 5.41) is 0. The molecule has 1 heterocycles. The number of nitrogens with zero attached hydrogens (tertiary/aromatic N) is 1. The second-order valence-corrected chi connectivity index (χ2v) is 6.87. The number of hydrogen-bond donors (Lipinski definition) is 0. The summed E-state index contributed by atoms with van der Waals surface area (Å²) < 4.78 is 3.77. The number of ketones is 1. The smallest absolute Gasteiger partial charge is 0.228 e. The van der Waals surface area contributed by atoms with Crippen LogP contribution in [-0.2, 0) is 6.54 Å². The monoisotopic (exact) mass is 476 g/mol. The molecule has 0 aliphatic heterocycles. The van der Waals surface area contributed by atoms with E-state index < -0.39 is 0 Å². The molecule has 0 saturated heterocycles. The van der Waals surface area contributed by atoms with E-state index in [4.69, 9.17) is 0 Å². The number of carbonyl (C=O) groups excluding carboxylic acids is 1. The minimum Gasteiger partial charge on any atom is -0.287 e. The van der Waals surface area contributed by atoms with Crippen LogP contribution in [0, 0.1) is 20.8 Å². The number of hydrogen-bond acceptors (Lipinski definition) is 1. The van der Waals surface area contributed by atoms with Crippen LogP contribution in [0.5, 0.6) is 0 Å². The largest absolute Gasteiger partial charge is 0.287 e. The molecule has 1 aromatic heterocycles. The van der Waals surface area contributed by atoms with E-state index in [9.17, 15) is 4.79 Å². The lowest BCUT2D eigenvalue weighted by Crippen LogP contribution is -2.37. The second kappa shape index (κ2) is 7.65. The van der Waals surface area contributed by atoms with Crippen molar-refractivity contribution in [1.82, 2.24) is 0 Å². The van der Waals surface area contributed by atoms with Gasteiger partial charge in [0.2, 0.25) is 12.3 Å². The maximum atomic E-state index is 12.5. The first kappa shape index (κ1) is 18.5. The Morgan fingerprint density at radius 1 is 1.00 bits per heavy atom. The van der Waals surface area contributed by atoms with Crippen molar-refractivity contribution in [3.8, 4) is 0 Å². The molecule has 21 heavy (non-hydrogen) atoms. The predicted octanol–water partition coefficient (Wildman–Crippen LogP) is 4.89. The molecule has 2 aromatic rings. The number of halogens is 3. The van der Waals surface area contributed by atoms with Gasteiger partial charge in [0.1, 0.15) is 0 Å². The van der Waals surface area contributed by atoms with Gasteiger partial charge in [-0.15, -0.1) is 17.0 Å². The highest BCUT2D eigenvalue weighted by Gasteiger charge is 2.17. The fraction of sp³-hybridized carbons (Fsp3) is 0.250. The Labute approximate surface area is 152 Å². The molecular weight excluding hydrogens is 462 g/mol. The van der Waals surface area contributed by atoms with Crippen molar-refractivity contribution >= 4 is 54.6 Å². The first-order valence-corrected chi connectivity index (χ1v) is 7.91. The highest BCUT2D eigenvalue weighted by Crippen LogP contribution is 2.18. The molecule has 0 amide bonds. The van der Waals surface area contributed by atoms with Gasteiger partial charge in [-0.25, -0.2) is 0 Å². The summed E-state index contributed by atoms with van der Waals surface area (Å²) in [5.74, 6) is 0.134. The van der Waals surface area contributed by atoms with Crippen molar-refractivity contribution in [2.24, 2.45) is 0 Å². The van der Waals surface area contributed by atoms with E-state index in [1.807, 2.05) is 36.9 Å². The van der Waals surface area contributed by atoms with Gasteiger partial charge in [-0.2, -0.15) is 4.57 Å². The molecule has 2 nitrogen and oxygen atoms in total. The third kappa shape index (κ3) is 4.73. The summed E-state index contributed by atoms with van der Waals surface area (Å²) in [6, 6.07) is 6.06. The van der Waals surface area contributed by atoms with Crippen LogP contribution in [0.15, 0.2) is 39.5 Å². The molecule has 0 fully saturated rings. The first-order chi connectivity index (χ1) is 9.36. The highest BCUT2D eigenvalue weighted by molar-refractivity contribution is 9.11. The average Bonchev–Trinajstić information content (AvgIpc) is 2.25. The van der Waals surface area contributed by atoms with Gasteiger partial charge in [0, 0.05) is 5.56 Å². The maximum absolute atomic E-state index is 12.5. The van der Waals surface area contributed by atoms with Crippen molar-refractivity contribution in [3.05, 3.63) is 61.8 Å². The summed E-state index contributed by atoms with van der Waals surface area (Å²) in [6.45, 7) is 6.38. The number of aryl methyl sites for hydroxylation is 3. The van der Waals surface area contributed by atoms with E-state index in [0.717, 1.165) is 25.6 Å². The lowest BCUT2D eigenvalue weighted by Gasteiger charge is -2.08. The predicted molar refractivity (Wildman–Crippen MR) is 97.3 cm³/mol. The Morgan fingerprint density at radius 3 is 1.95 bits per heavy atom. The van der Waals surface area contributed by atoms with E-state index in [2.05, 4.69) is 50.9 Å². The van der Waals surface area contributed by atoms with Gasteiger partial charge in [0.15, 0.2) is 12.4 Å². The van der Waals surface area contributed by atoms with Gasteiger partial charge >= 0.3 is 0 Å². The lowest BCUT2D eigenvalue weighted by molar-refractivity contribution is -0.684. The van der Waals surface area contributed by atoms with Gasteiger partial charge in [-0.1, -0.05) is 17.7 Å². The molecule has 0 radical (unpaired) electrons. The fourth-order valence-corrected chi connectivity index (χ4v) is 3.84. The molecule has 0 atom stereocenters. The van der Waals surface area contributed by atoms with E-state index in [-0.39, 0.29) is 22.8 Å². The topological polar surface area (TPSA) is 20.9 Å². The van der Waals surface area contributed by atoms with Crippen LogP contribution in [0.2, 0.25) is 0 Å². The number of benzene rings is 1. The molecule has 0 saturated carbocycles. The summed E-state index contributed by atoms with van der Waals surface area (Å²) in [4.78, 5) is 12.5. The Bertz CT molecular complexity index is 640. The normalized spacial score (nSPS) is 10.1. The van der Waals surface area contributed by atoms with Crippen molar-refractivity contribution in [2.75, 3.05) is 0 Å². The summed E-state index contributed by atoms with van der Waals surface area (Å²) in [7, 11) is 0. The molecule has 2 rings (SSSR count). The molecular formula is C16H17Br3NO+. The molecule has 0 N–H and O–H groups in total. The number of aromatic nitrogens is 1. The van der Waals surface area contributed by atoms with Gasteiger partial charge in [-0.05, 0) is 69.8 Å². The summed E-state index contributed by atoms with van der Waals surface area (Å²) in [5.41, 5.74) is 4.11. The SMILES string of the molecule is Br.Cc1cc(C)c(C(=O)C[n+]2cc(Br)cc(Br)c2)c(C)c1. The standard InChI is InChI=1S/C16H16Br2NO.BrH/c1-10-4-11(2)16(12(3)5-10)15(20)9-19-7-13(17)6-14(18)8-19;/h4-8H,9H2,1-3H3;1H/q+1;. The van der Waals surface area contributed by atoms with Crippen molar-refractivity contribution in [3.63, 3.8) is 0 Å². The van der Waals surface area contributed by atoms with Crippen molar-refractivity contribution in [2.45, 2.75) is 27.3 Å². The zero-order chi connectivity index (χ0) is 14.9. The quantitative estimate of drug-likeness (QED) is 0.454. The third-order valence-corrected chi connectivity index (χ3v) is 4.00. The second-order valence-electron chi connectivity index (χ2n) is 5.04. The minimum absolute atomic E-state index is 0. The van der Waals surface area contributed by atoms with Crippen molar-refractivity contribution in [1.29, 1.82) is 0 Å².